The normalized spacial score (nSPS) is 13.7. The number of ether oxygens (including phenoxy) is 1. The van der Waals surface area contributed by atoms with Gasteiger partial charge in [0, 0.05) is 5.92 Å². The number of carbonyl (C=O) groups is 2. The van der Waals surface area contributed by atoms with E-state index in [9.17, 15) is 9.59 Å². The van der Waals surface area contributed by atoms with Crippen molar-refractivity contribution >= 4 is 11.9 Å². The summed E-state index contributed by atoms with van der Waals surface area (Å²) in [6.07, 6.45) is 0.939. The second-order valence-corrected chi connectivity index (χ2v) is 6.21. The van der Waals surface area contributed by atoms with E-state index < -0.39 is 18.0 Å². The van der Waals surface area contributed by atoms with Crippen molar-refractivity contribution in [1.82, 2.24) is 4.98 Å². The van der Waals surface area contributed by atoms with Gasteiger partial charge in [0.15, 0.2) is 11.7 Å². The molecule has 3 N–H and O–H groups in total. The van der Waals surface area contributed by atoms with Gasteiger partial charge >= 0.3 is 11.9 Å². The van der Waals surface area contributed by atoms with Crippen LogP contribution in [-0.4, -0.2) is 28.6 Å². The maximum Gasteiger partial charge on any atom is 0.357 e. The first kappa shape index (κ1) is 17.0. The Labute approximate surface area is 154 Å². The molecule has 1 aliphatic rings. The predicted molar refractivity (Wildman–Crippen MR) is 95.1 cm³/mol. The maximum absolute atomic E-state index is 12.3. The topological polar surface area (TPSA) is 116 Å². The lowest BCUT2D eigenvalue weighted by Gasteiger charge is -2.15. The van der Waals surface area contributed by atoms with Crippen molar-refractivity contribution in [3.8, 4) is 11.1 Å². The second kappa shape index (κ2) is 6.69. The molecule has 4 rings (SSSR count). The molecule has 1 aliphatic carbocycles. The van der Waals surface area contributed by atoms with Gasteiger partial charge in [0.2, 0.25) is 5.89 Å². The van der Waals surface area contributed by atoms with Gasteiger partial charge in [-0.3, -0.25) is 0 Å². The van der Waals surface area contributed by atoms with Crippen LogP contribution in [0.15, 0.2) is 59.2 Å². The van der Waals surface area contributed by atoms with Crippen LogP contribution in [-0.2, 0) is 9.53 Å². The monoisotopic (exact) mass is 364 g/mol. The molecule has 0 radical (unpaired) electrons. The van der Waals surface area contributed by atoms with E-state index in [4.69, 9.17) is 20.0 Å². The Bertz CT molecular complexity index is 981. The minimum atomic E-state index is -1.29. The molecule has 0 spiro atoms. The highest BCUT2D eigenvalue weighted by molar-refractivity contribution is 5.85. The zero-order valence-corrected chi connectivity index (χ0v) is 14.2. The summed E-state index contributed by atoms with van der Waals surface area (Å²) in [5, 5.41) is 8.87. The van der Waals surface area contributed by atoms with Gasteiger partial charge in [-0.2, -0.15) is 0 Å². The van der Waals surface area contributed by atoms with E-state index in [1.54, 1.807) is 0 Å². The van der Waals surface area contributed by atoms with Crippen molar-refractivity contribution in [2.45, 2.75) is 12.0 Å². The molecule has 136 valence electrons. The van der Waals surface area contributed by atoms with Crippen LogP contribution in [0.25, 0.3) is 11.1 Å². The van der Waals surface area contributed by atoms with E-state index in [0.717, 1.165) is 28.5 Å². The fraction of sp³-hybridized carbons (Fsp3) is 0.150. The Morgan fingerprint density at radius 2 is 1.70 bits per heavy atom. The Hall–Kier alpha value is -3.45. The fourth-order valence-corrected chi connectivity index (χ4v) is 3.32. The first-order valence-corrected chi connectivity index (χ1v) is 8.35. The number of carbonyl (C=O) groups excluding carboxylic acids is 1. The Kier molecular flexibility index (Phi) is 4.21. The van der Waals surface area contributed by atoms with Crippen molar-refractivity contribution in [2.24, 2.45) is 5.73 Å². The number of carboxylic acid groups (broad SMARTS) is 1. The smallest absolute Gasteiger partial charge is 0.357 e. The zero-order valence-electron chi connectivity index (χ0n) is 14.2. The third-order valence-electron chi connectivity index (χ3n) is 4.62. The molecule has 1 unspecified atom stereocenters. The second-order valence-electron chi connectivity index (χ2n) is 6.21. The molecule has 27 heavy (non-hydrogen) atoms. The van der Waals surface area contributed by atoms with Gasteiger partial charge < -0.3 is 20.0 Å². The maximum atomic E-state index is 12.3. The van der Waals surface area contributed by atoms with Gasteiger partial charge in [0.1, 0.15) is 12.9 Å². The number of nitrogens with two attached hydrogens (primary N) is 1. The average Bonchev–Trinajstić information content (AvgIpc) is 3.29. The van der Waals surface area contributed by atoms with E-state index in [1.165, 1.54) is 0 Å². The first-order chi connectivity index (χ1) is 13.1. The summed E-state index contributed by atoms with van der Waals surface area (Å²) in [6, 6.07) is 14.7. The molecule has 2 aromatic carbocycles. The molecule has 7 heteroatoms. The number of hydrogen-bond acceptors (Lipinski definition) is 6. The number of aromatic nitrogens is 1. The molecule has 0 fully saturated rings. The van der Waals surface area contributed by atoms with E-state index in [1.807, 2.05) is 48.5 Å². The van der Waals surface area contributed by atoms with Crippen LogP contribution in [0.2, 0.25) is 0 Å². The van der Waals surface area contributed by atoms with Gasteiger partial charge in [-0.1, -0.05) is 48.5 Å². The van der Waals surface area contributed by atoms with Crippen molar-refractivity contribution in [3.63, 3.8) is 0 Å². The minimum Gasteiger partial charge on any atom is -0.476 e. The molecule has 0 bridgehead atoms. The standard InChI is InChI=1S/C20H16N2O5/c21-17(18-22-16(10-26-18)19(23)24)20(25)27-9-15-13-7-3-1-5-11(13)12-6-2-4-8-14(12)15/h1-8,10,15,17H,9,21H2,(H,23,24). The van der Waals surface area contributed by atoms with E-state index in [2.05, 4.69) is 4.98 Å². The molecule has 0 amide bonds. The molecule has 3 aromatic rings. The lowest BCUT2D eigenvalue weighted by atomic mass is 9.98. The van der Waals surface area contributed by atoms with Crippen LogP contribution >= 0.6 is 0 Å². The fourth-order valence-electron chi connectivity index (χ4n) is 3.32. The van der Waals surface area contributed by atoms with Crippen molar-refractivity contribution in [3.05, 3.63) is 77.5 Å². The number of oxazole rings is 1. The van der Waals surface area contributed by atoms with Gasteiger partial charge in [0.05, 0.1) is 0 Å². The quantitative estimate of drug-likeness (QED) is 0.669. The Morgan fingerprint density at radius 1 is 1.11 bits per heavy atom. The molecule has 0 saturated carbocycles. The number of fused-ring (bicyclic) bond motifs is 3. The summed E-state index contributed by atoms with van der Waals surface area (Å²) in [6.45, 7) is 0.118. The number of nitrogens with zero attached hydrogens (tertiary/aromatic N) is 1. The van der Waals surface area contributed by atoms with Gasteiger partial charge in [-0.05, 0) is 22.3 Å². The number of carboxylic acids is 1. The van der Waals surface area contributed by atoms with E-state index in [-0.39, 0.29) is 24.1 Å². The zero-order chi connectivity index (χ0) is 19.0. The molecule has 1 aromatic heterocycles. The minimum absolute atomic E-state index is 0.0901. The average molecular weight is 364 g/mol. The highest BCUT2D eigenvalue weighted by Crippen LogP contribution is 2.44. The highest BCUT2D eigenvalue weighted by atomic mass is 16.5. The first-order valence-electron chi connectivity index (χ1n) is 8.35. The van der Waals surface area contributed by atoms with Crippen molar-refractivity contribution in [2.75, 3.05) is 6.61 Å². The Balaban J connectivity index is 1.51. The summed E-state index contributed by atoms with van der Waals surface area (Å²) >= 11 is 0. The van der Waals surface area contributed by atoms with Gasteiger partial charge in [0.25, 0.3) is 0 Å². The lowest BCUT2D eigenvalue weighted by molar-refractivity contribution is -0.146. The third kappa shape index (κ3) is 2.98. The van der Waals surface area contributed by atoms with Gasteiger partial charge in [-0.25, -0.2) is 14.6 Å². The molecule has 0 aliphatic heterocycles. The summed E-state index contributed by atoms with van der Waals surface area (Å²) < 4.78 is 10.4. The van der Waals surface area contributed by atoms with E-state index in [0.29, 0.717) is 0 Å². The van der Waals surface area contributed by atoms with Crippen LogP contribution in [0, 0.1) is 0 Å². The van der Waals surface area contributed by atoms with E-state index >= 15 is 0 Å². The largest absolute Gasteiger partial charge is 0.476 e. The number of aromatic carboxylic acids is 1. The molecule has 7 nitrogen and oxygen atoms in total. The van der Waals surface area contributed by atoms with Crippen LogP contribution in [0.1, 0.15) is 39.5 Å². The molecular formula is C20H16N2O5. The van der Waals surface area contributed by atoms with Crippen LogP contribution in [0.4, 0.5) is 0 Å². The molecule has 1 atom stereocenters. The number of rotatable bonds is 5. The highest BCUT2D eigenvalue weighted by Gasteiger charge is 2.31. The van der Waals surface area contributed by atoms with Crippen LogP contribution in [0.5, 0.6) is 0 Å². The predicted octanol–water partition coefficient (Wildman–Crippen LogP) is 2.73. The van der Waals surface area contributed by atoms with Crippen molar-refractivity contribution in [1.29, 1.82) is 0 Å². The van der Waals surface area contributed by atoms with Crippen LogP contribution in [0.3, 0.4) is 0 Å². The molecular weight excluding hydrogens is 348 g/mol. The summed E-state index contributed by atoms with van der Waals surface area (Å²) in [7, 11) is 0. The van der Waals surface area contributed by atoms with Gasteiger partial charge in [-0.15, -0.1) is 0 Å². The number of benzene rings is 2. The van der Waals surface area contributed by atoms with Crippen LogP contribution < -0.4 is 5.73 Å². The molecule has 1 heterocycles. The summed E-state index contributed by atoms with van der Waals surface area (Å²) in [5.74, 6) is -2.27. The summed E-state index contributed by atoms with van der Waals surface area (Å²) in [4.78, 5) is 26.9. The lowest BCUT2D eigenvalue weighted by Crippen LogP contribution is -2.26. The third-order valence-corrected chi connectivity index (χ3v) is 4.62. The summed E-state index contributed by atoms with van der Waals surface area (Å²) in [5.41, 5.74) is 9.91. The number of hydrogen-bond donors (Lipinski definition) is 2. The van der Waals surface area contributed by atoms with Crippen molar-refractivity contribution < 1.29 is 23.8 Å². The Morgan fingerprint density at radius 3 is 2.26 bits per heavy atom. The number of esters is 1. The molecule has 0 saturated heterocycles. The SMILES string of the molecule is NC(C(=O)OCC1c2ccccc2-c2ccccc21)c1nc(C(=O)O)co1.